The fourth-order valence-electron chi connectivity index (χ4n) is 4.24. The maximum absolute atomic E-state index is 13.4. The Morgan fingerprint density at radius 1 is 1.11 bits per heavy atom. The molecule has 5 heteroatoms. The topological polar surface area (TPSA) is 44.4 Å². The molecule has 2 N–H and O–H groups in total. The Morgan fingerprint density at radius 3 is 2.59 bits per heavy atom. The summed E-state index contributed by atoms with van der Waals surface area (Å²) in [5.74, 6) is -0.261. The molecule has 142 valence electrons. The number of rotatable bonds is 4. The third kappa shape index (κ3) is 3.69. The second-order valence-corrected chi connectivity index (χ2v) is 7.47. The predicted octanol–water partition coefficient (Wildman–Crippen LogP) is 3.62. The number of fused-ring (bicyclic) bond motifs is 1. The summed E-state index contributed by atoms with van der Waals surface area (Å²) in [6.07, 6.45) is 2.79. The molecule has 1 aliphatic carbocycles. The molecule has 2 aromatic carbocycles. The third-order valence-corrected chi connectivity index (χ3v) is 5.69. The lowest BCUT2D eigenvalue weighted by Crippen LogP contribution is -2.56. The molecular formula is C22H26FN3O. The maximum atomic E-state index is 13.4. The average molecular weight is 367 g/mol. The van der Waals surface area contributed by atoms with Gasteiger partial charge < -0.3 is 15.5 Å². The molecule has 1 aliphatic heterocycles. The van der Waals surface area contributed by atoms with Crippen molar-refractivity contribution in [1.29, 1.82) is 0 Å². The van der Waals surface area contributed by atoms with Crippen LogP contribution in [0.5, 0.6) is 0 Å². The van der Waals surface area contributed by atoms with Gasteiger partial charge >= 0.3 is 6.03 Å². The highest BCUT2D eigenvalue weighted by molar-refractivity contribution is 5.76. The summed E-state index contributed by atoms with van der Waals surface area (Å²) in [6, 6.07) is 15.3. The van der Waals surface area contributed by atoms with Gasteiger partial charge in [0.25, 0.3) is 0 Å². The number of nitrogens with one attached hydrogen (secondary N) is 2. The van der Waals surface area contributed by atoms with Crippen LogP contribution in [-0.2, 0) is 6.42 Å². The number of carbonyl (C=O) groups is 1. The first-order chi connectivity index (χ1) is 13.2. The van der Waals surface area contributed by atoms with Crippen LogP contribution in [0.3, 0.4) is 0 Å². The normalized spacial score (nSPS) is 24.1. The quantitative estimate of drug-likeness (QED) is 0.867. The molecule has 0 bridgehead atoms. The molecular weight excluding hydrogens is 341 g/mol. The zero-order valence-electron chi connectivity index (χ0n) is 15.6. The van der Waals surface area contributed by atoms with Crippen molar-refractivity contribution in [1.82, 2.24) is 15.5 Å². The van der Waals surface area contributed by atoms with E-state index in [4.69, 9.17) is 0 Å². The molecule has 27 heavy (non-hydrogen) atoms. The van der Waals surface area contributed by atoms with E-state index in [9.17, 15) is 9.18 Å². The van der Waals surface area contributed by atoms with Crippen molar-refractivity contribution < 1.29 is 9.18 Å². The first kappa shape index (κ1) is 18.0. The van der Waals surface area contributed by atoms with E-state index in [1.165, 1.54) is 17.7 Å². The van der Waals surface area contributed by atoms with Crippen molar-refractivity contribution >= 4 is 6.03 Å². The van der Waals surface area contributed by atoms with Gasteiger partial charge in [0, 0.05) is 18.6 Å². The smallest absolute Gasteiger partial charge is 0.318 e. The average Bonchev–Trinajstić information content (AvgIpc) is 2.66. The van der Waals surface area contributed by atoms with Crippen LogP contribution in [0.25, 0.3) is 0 Å². The van der Waals surface area contributed by atoms with Crippen LogP contribution >= 0.6 is 0 Å². The Hall–Kier alpha value is -2.40. The lowest BCUT2D eigenvalue weighted by atomic mass is 9.86. The summed E-state index contributed by atoms with van der Waals surface area (Å²) in [6.45, 7) is 3.72. The van der Waals surface area contributed by atoms with Gasteiger partial charge in [-0.1, -0.05) is 43.3 Å². The van der Waals surface area contributed by atoms with E-state index in [2.05, 4.69) is 29.7 Å². The van der Waals surface area contributed by atoms with Crippen LogP contribution in [-0.4, -0.2) is 36.1 Å². The molecule has 2 amide bonds. The first-order valence-corrected chi connectivity index (χ1v) is 9.79. The fraction of sp³-hybridized carbons (Fsp3) is 0.409. The van der Waals surface area contributed by atoms with Gasteiger partial charge in [-0.05, 0) is 54.6 Å². The number of hydrogen-bond donors (Lipinski definition) is 2. The van der Waals surface area contributed by atoms with E-state index in [0.717, 1.165) is 36.9 Å². The van der Waals surface area contributed by atoms with E-state index in [1.54, 1.807) is 12.1 Å². The fourth-order valence-corrected chi connectivity index (χ4v) is 4.24. The van der Waals surface area contributed by atoms with Gasteiger partial charge in [-0.2, -0.15) is 0 Å². The lowest BCUT2D eigenvalue weighted by Gasteiger charge is -2.41. The van der Waals surface area contributed by atoms with Gasteiger partial charge in [0.15, 0.2) is 0 Å². The van der Waals surface area contributed by atoms with Crippen LogP contribution in [0, 0.1) is 5.82 Å². The standard InChI is InChI=1S/C22H26FN3O/c1-2-24-18-13-19(14-18)25-22(27)26-12-11-15-5-3-4-6-20(15)21(26)16-7-9-17(23)10-8-16/h3-10,18-19,21,24H,2,11-14H2,1H3,(H,25,27)/t18-,19+,21-/m0/s1. The number of carbonyl (C=O) groups excluding carboxylic acids is 1. The Kier molecular flexibility index (Phi) is 5.12. The van der Waals surface area contributed by atoms with E-state index in [1.807, 2.05) is 17.0 Å². The SMILES string of the molecule is CCN[C@H]1C[C@@H](NC(=O)N2CCc3ccccc3[C@@H]2c2ccc(F)cc2)C1. The second kappa shape index (κ2) is 7.69. The van der Waals surface area contributed by atoms with Crippen LogP contribution in [0.15, 0.2) is 48.5 Å². The molecule has 0 saturated heterocycles. The van der Waals surface area contributed by atoms with E-state index >= 15 is 0 Å². The maximum Gasteiger partial charge on any atom is 0.318 e. The molecule has 0 aromatic heterocycles. The van der Waals surface area contributed by atoms with Crippen molar-refractivity contribution in [3.05, 3.63) is 71.0 Å². The van der Waals surface area contributed by atoms with Crippen molar-refractivity contribution in [2.24, 2.45) is 0 Å². The van der Waals surface area contributed by atoms with E-state index < -0.39 is 0 Å². The van der Waals surface area contributed by atoms with Crippen LogP contribution in [0.1, 0.15) is 42.5 Å². The summed E-state index contributed by atoms with van der Waals surface area (Å²) < 4.78 is 13.4. The molecule has 4 rings (SSSR count). The lowest BCUT2D eigenvalue weighted by molar-refractivity contribution is 0.163. The van der Waals surface area contributed by atoms with Crippen molar-refractivity contribution in [3.8, 4) is 0 Å². The molecule has 1 atom stereocenters. The Morgan fingerprint density at radius 2 is 1.85 bits per heavy atom. The molecule has 1 fully saturated rings. The van der Waals surface area contributed by atoms with Gasteiger partial charge in [0.05, 0.1) is 6.04 Å². The van der Waals surface area contributed by atoms with E-state index in [-0.39, 0.29) is 23.9 Å². The monoisotopic (exact) mass is 367 g/mol. The van der Waals surface area contributed by atoms with Gasteiger partial charge in [-0.25, -0.2) is 9.18 Å². The summed E-state index contributed by atoms with van der Waals surface area (Å²) in [5.41, 5.74) is 3.33. The van der Waals surface area contributed by atoms with Crippen LogP contribution in [0.4, 0.5) is 9.18 Å². The van der Waals surface area contributed by atoms with Gasteiger partial charge in [-0.15, -0.1) is 0 Å². The Labute approximate surface area is 159 Å². The summed E-state index contributed by atoms with van der Waals surface area (Å²) in [5, 5.41) is 6.61. The molecule has 0 radical (unpaired) electrons. The van der Waals surface area contributed by atoms with Crippen molar-refractivity contribution in [2.45, 2.75) is 44.3 Å². The minimum Gasteiger partial charge on any atom is -0.335 e. The molecule has 0 spiro atoms. The minimum absolute atomic E-state index is 0.0289. The van der Waals surface area contributed by atoms with E-state index in [0.29, 0.717) is 12.6 Å². The number of nitrogens with zero attached hydrogens (tertiary/aromatic N) is 1. The highest BCUT2D eigenvalue weighted by atomic mass is 19.1. The molecule has 1 heterocycles. The van der Waals surface area contributed by atoms with Gasteiger partial charge in [0.1, 0.15) is 5.82 Å². The highest BCUT2D eigenvalue weighted by Gasteiger charge is 2.35. The number of benzene rings is 2. The zero-order valence-corrected chi connectivity index (χ0v) is 15.6. The summed E-state index contributed by atoms with van der Waals surface area (Å²) in [4.78, 5) is 14.9. The number of hydrogen-bond acceptors (Lipinski definition) is 2. The Bertz CT molecular complexity index is 801. The summed E-state index contributed by atoms with van der Waals surface area (Å²) >= 11 is 0. The second-order valence-electron chi connectivity index (χ2n) is 7.47. The zero-order chi connectivity index (χ0) is 18.8. The minimum atomic E-state index is -0.261. The molecule has 4 nitrogen and oxygen atoms in total. The molecule has 2 aliphatic rings. The van der Waals surface area contributed by atoms with Gasteiger partial charge in [0.2, 0.25) is 0 Å². The van der Waals surface area contributed by atoms with Crippen LogP contribution < -0.4 is 10.6 Å². The highest BCUT2D eigenvalue weighted by Crippen LogP contribution is 2.35. The molecule has 1 saturated carbocycles. The molecule has 2 aromatic rings. The predicted molar refractivity (Wildman–Crippen MR) is 104 cm³/mol. The van der Waals surface area contributed by atoms with Crippen molar-refractivity contribution in [2.75, 3.05) is 13.1 Å². The van der Waals surface area contributed by atoms with Crippen LogP contribution in [0.2, 0.25) is 0 Å². The number of amides is 2. The summed E-state index contributed by atoms with van der Waals surface area (Å²) in [7, 11) is 0. The first-order valence-electron chi connectivity index (χ1n) is 9.79. The number of urea groups is 1. The Balaban J connectivity index is 1.55. The molecule has 0 unspecified atom stereocenters. The van der Waals surface area contributed by atoms with Crippen molar-refractivity contribution in [3.63, 3.8) is 0 Å². The number of halogens is 1. The third-order valence-electron chi connectivity index (χ3n) is 5.69. The van der Waals surface area contributed by atoms with Gasteiger partial charge in [-0.3, -0.25) is 0 Å². The largest absolute Gasteiger partial charge is 0.335 e.